The minimum atomic E-state index is -0.780. The van der Waals surface area contributed by atoms with Crippen LogP contribution in [0.25, 0.3) is 0 Å². The highest BCUT2D eigenvalue weighted by Crippen LogP contribution is 2.27. The molecule has 22 heavy (non-hydrogen) atoms. The molecule has 1 N–H and O–H groups in total. The molecule has 4 unspecified atom stereocenters. The first-order valence-corrected chi connectivity index (χ1v) is 8.92. The van der Waals surface area contributed by atoms with Gasteiger partial charge in [-0.3, -0.25) is 0 Å². The van der Waals surface area contributed by atoms with Gasteiger partial charge in [-0.25, -0.2) is 0 Å². The summed E-state index contributed by atoms with van der Waals surface area (Å²) in [6.45, 7) is 5.82. The lowest BCUT2D eigenvalue weighted by molar-refractivity contribution is -0.0747. The van der Waals surface area contributed by atoms with E-state index in [-0.39, 0.29) is 12.0 Å². The first kappa shape index (κ1) is 18.0. The van der Waals surface area contributed by atoms with Gasteiger partial charge in [0, 0.05) is 19.4 Å². The van der Waals surface area contributed by atoms with E-state index < -0.39 is 5.60 Å². The van der Waals surface area contributed by atoms with E-state index in [9.17, 15) is 5.11 Å². The molecule has 0 aromatic heterocycles. The molecule has 0 amide bonds. The van der Waals surface area contributed by atoms with E-state index in [1.54, 1.807) is 0 Å². The maximum atomic E-state index is 10.2. The summed E-state index contributed by atoms with van der Waals surface area (Å²) in [7, 11) is 0. The lowest BCUT2D eigenvalue weighted by atomic mass is 9.91. The zero-order chi connectivity index (χ0) is 16.0. The highest BCUT2D eigenvalue weighted by molar-refractivity contribution is 6.18. The number of alkyl halides is 1. The Hall–Kier alpha value is -0.350. The summed E-state index contributed by atoms with van der Waals surface area (Å²) in [5.41, 5.74) is 0.433. The molecule has 2 aliphatic rings. The maximum Gasteiger partial charge on any atom is 0.0832 e. The van der Waals surface area contributed by atoms with Crippen molar-refractivity contribution in [3.63, 3.8) is 0 Å². The average molecular weight is 329 g/mol. The summed E-state index contributed by atoms with van der Waals surface area (Å²) in [6, 6.07) is 0. The van der Waals surface area contributed by atoms with Gasteiger partial charge in [0.25, 0.3) is 0 Å². The number of hydrogen-bond acceptors (Lipinski definition) is 3. The summed E-state index contributed by atoms with van der Waals surface area (Å²) in [5.74, 6) is 0.911. The van der Waals surface area contributed by atoms with Crippen LogP contribution in [0.5, 0.6) is 0 Å². The summed E-state index contributed by atoms with van der Waals surface area (Å²) < 4.78 is 11.5. The first-order chi connectivity index (χ1) is 10.5. The van der Waals surface area contributed by atoms with Crippen molar-refractivity contribution in [1.29, 1.82) is 0 Å². The van der Waals surface area contributed by atoms with E-state index in [1.807, 2.05) is 6.08 Å². The fourth-order valence-corrected chi connectivity index (χ4v) is 3.34. The van der Waals surface area contributed by atoms with Gasteiger partial charge in [-0.1, -0.05) is 30.7 Å². The van der Waals surface area contributed by atoms with E-state index >= 15 is 0 Å². The Kier molecular flexibility index (Phi) is 6.94. The van der Waals surface area contributed by atoms with E-state index in [0.29, 0.717) is 31.5 Å². The minimum Gasteiger partial charge on any atom is -0.388 e. The molecule has 2 saturated heterocycles. The number of allylic oxidation sites excluding steroid dienone is 2. The van der Waals surface area contributed by atoms with Crippen LogP contribution >= 0.6 is 11.6 Å². The summed E-state index contributed by atoms with van der Waals surface area (Å²) in [5, 5.41) is 10.2. The van der Waals surface area contributed by atoms with Gasteiger partial charge in [-0.2, -0.15) is 0 Å². The summed E-state index contributed by atoms with van der Waals surface area (Å²) >= 11 is 5.84. The molecule has 0 spiro atoms. The van der Waals surface area contributed by atoms with E-state index in [2.05, 4.69) is 26.0 Å². The molecule has 4 heteroatoms. The standard InChI is InChI=1S/C18H29ClO3/c1-14(6-8-17-15(2)4-3-10-22-17)5-7-16-12-18(20,13-19)9-11-21-16/h5-7,15-17,20H,3-4,8-13H2,1-2H3/b7-5+,14-6+. The monoisotopic (exact) mass is 328 g/mol. The van der Waals surface area contributed by atoms with Crippen molar-refractivity contribution < 1.29 is 14.6 Å². The molecule has 0 aliphatic carbocycles. The Bertz CT molecular complexity index is 407. The third-order valence-electron chi connectivity index (χ3n) is 4.75. The molecular formula is C18H29ClO3. The van der Waals surface area contributed by atoms with Gasteiger partial charge < -0.3 is 14.6 Å². The fourth-order valence-electron chi connectivity index (χ4n) is 3.10. The Morgan fingerprint density at radius 3 is 2.91 bits per heavy atom. The third-order valence-corrected chi connectivity index (χ3v) is 5.24. The predicted octanol–water partition coefficient (Wildman–Crippen LogP) is 3.84. The van der Waals surface area contributed by atoms with Crippen molar-refractivity contribution in [2.45, 2.75) is 63.8 Å². The minimum absolute atomic E-state index is 0.0503. The molecule has 0 bridgehead atoms. The SMILES string of the molecule is CC(/C=C/C1CC(O)(CCl)CCO1)=C\CC1OCCCC1C. The molecule has 0 saturated carbocycles. The van der Waals surface area contributed by atoms with Crippen molar-refractivity contribution in [3.05, 3.63) is 23.8 Å². The van der Waals surface area contributed by atoms with Gasteiger partial charge in [0.15, 0.2) is 0 Å². The Labute approximate surface area is 139 Å². The number of hydrogen-bond donors (Lipinski definition) is 1. The highest BCUT2D eigenvalue weighted by atomic mass is 35.5. The normalized spacial score (nSPS) is 37.6. The summed E-state index contributed by atoms with van der Waals surface area (Å²) in [6.07, 6.45) is 11.3. The van der Waals surface area contributed by atoms with Crippen LogP contribution in [0, 0.1) is 5.92 Å². The number of ether oxygens (including phenoxy) is 2. The van der Waals surface area contributed by atoms with Crippen LogP contribution in [0.3, 0.4) is 0 Å². The molecule has 2 heterocycles. The van der Waals surface area contributed by atoms with Gasteiger partial charge >= 0.3 is 0 Å². The lowest BCUT2D eigenvalue weighted by Crippen LogP contribution is -2.41. The smallest absolute Gasteiger partial charge is 0.0832 e. The molecule has 2 fully saturated rings. The second-order valence-corrected chi connectivity index (χ2v) is 7.06. The van der Waals surface area contributed by atoms with Gasteiger partial charge in [-0.15, -0.1) is 11.6 Å². The molecule has 3 nitrogen and oxygen atoms in total. The van der Waals surface area contributed by atoms with E-state index in [0.717, 1.165) is 13.0 Å². The van der Waals surface area contributed by atoms with Gasteiger partial charge in [0.05, 0.1) is 30.3 Å². The van der Waals surface area contributed by atoms with E-state index in [4.69, 9.17) is 21.1 Å². The van der Waals surface area contributed by atoms with Crippen molar-refractivity contribution >= 4 is 11.6 Å². The molecule has 4 atom stereocenters. The Morgan fingerprint density at radius 1 is 1.36 bits per heavy atom. The molecule has 126 valence electrons. The predicted molar refractivity (Wildman–Crippen MR) is 90.3 cm³/mol. The van der Waals surface area contributed by atoms with Crippen molar-refractivity contribution in [1.82, 2.24) is 0 Å². The zero-order valence-corrected chi connectivity index (χ0v) is 14.5. The third kappa shape index (κ3) is 5.38. The maximum absolute atomic E-state index is 10.2. The number of rotatable bonds is 5. The zero-order valence-electron chi connectivity index (χ0n) is 13.8. The van der Waals surface area contributed by atoms with Crippen LogP contribution in [0.15, 0.2) is 23.8 Å². The fraction of sp³-hybridized carbons (Fsp3) is 0.778. The van der Waals surface area contributed by atoms with Gasteiger partial charge in [0.2, 0.25) is 0 Å². The highest BCUT2D eigenvalue weighted by Gasteiger charge is 2.33. The Balaban J connectivity index is 1.82. The van der Waals surface area contributed by atoms with Crippen LogP contribution in [-0.4, -0.2) is 42.0 Å². The first-order valence-electron chi connectivity index (χ1n) is 8.39. The van der Waals surface area contributed by atoms with Crippen LogP contribution in [0.1, 0.15) is 46.0 Å². The molecule has 0 aromatic rings. The molecule has 2 rings (SSSR count). The quantitative estimate of drug-likeness (QED) is 0.615. The van der Waals surface area contributed by atoms with Crippen LogP contribution in [-0.2, 0) is 9.47 Å². The molecule has 0 aromatic carbocycles. The van der Waals surface area contributed by atoms with Gasteiger partial charge in [-0.05, 0) is 32.1 Å². The lowest BCUT2D eigenvalue weighted by Gasteiger charge is -2.34. The van der Waals surface area contributed by atoms with Crippen LogP contribution < -0.4 is 0 Å². The topological polar surface area (TPSA) is 38.7 Å². The summed E-state index contributed by atoms with van der Waals surface area (Å²) in [4.78, 5) is 0. The van der Waals surface area contributed by atoms with Crippen LogP contribution in [0.2, 0.25) is 0 Å². The van der Waals surface area contributed by atoms with Crippen LogP contribution in [0.4, 0.5) is 0 Å². The van der Waals surface area contributed by atoms with Gasteiger partial charge in [0.1, 0.15) is 0 Å². The second kappa shape index (κ2) is 8.49. The van der Waals surface area contributed by atoms with Crippen molar-refractivity contribution in [2.24, 2.45) is 5.92 Å². The largest absolute Gasteiger partial charge is 0.388 e. The molecule has 2 aliphatic heterocycles. The Morgan fingerprint density at radius 2 is 2.18 bits per heavy atom. The number of halogens is 1. The number of aliphatic hydroxyl groups is 1. The molecule has 0 radical (unpaired) electrons. The van der Waals surface area contributed by atoms with Crippen molar-refractivity contribution in [3.8, 4) is 0 Å². The average Bonchev–Trinajstić information content (AvgIpc) is 2.52. The molecular weight excluding hydrogens is 300 g/mol. The van der Waals surface area contributed by atoms with E-state index in [1.165, 1.54) is 18.4 Å². The second-order valence-electron chi connectivity index (χ2n) is 6.79. The van der Waals surface area contributed by atoms with Crippen molar-refractivity contribution in [2.75, 3.05) is 19.1 Å².